The SMILES string of the molecule is Fc1ccc(C2CCCN2c2ncnc(Nc3cc(-c4ccncc4)[nH]n3)n2)cc1. The highest BCUT2D eigenvalue weighted by Gasteiger charge is 2.28. The summed E-state index contributed by atoms with van der Waals surface area (Å²) >= 11 is 0. The van der Waals surface area contributed by atoms with Crippen molar-refractivity contribution < 1.29 is 4.39 Å². The summed E-state index contributed by atoms with van der Waals surface area (Å²) in [4.78, 5) is 19.3. The number of hydrogen-bond acceptors (Lipinski definition) is 7. The minimum Gasteiger partial charge on any atom is -0.334 e. The second-order valence-corrected chi connectivity index (χ2v) is 7.04. The Labute approximate surface area is 172 Å². The van der Waals surface area contributed by atoms with Crippen molar-refractivity contribution in [3.05, 3.63) is 72.6 Å². The van der Waals surface area contributed by atoms with Gasteiger partial charge >= 0.3 is 0 Å². The Balaban J connectivity index is 1.35. The lowest BCUT2D eigenvalue weighted by Gasteiger charge is -2.25. The molecule has 0 amide bonds. The molecule has 4 heterocycles. The molecule has 2 N–H and O–H groups in total. The maximum Gasteiger partial charge on any atom is 0.233 e. The van der Waals surface area contributed by atoms with Gasteiger partial charge in [0.2, 0.25) is 11.9 Å². The largest absolute Gasteiger partial charge is 0.334 e. The third-order valence-corrected chi connectivity index (χ3v) is 5.13. The average molecular weight is 402 g/mol. The van der Waals surface area contributed by atoms with Gasteiger partial charge in [0, 0.05) is 30.6 Å². The Morgan fingerprint density at radius 2 is 1.90 bits per heavy atom. The molecule has 1 aromatic carbocycles. The van der Waals surface area contributed by atoms with Crippen LogP contribution in [-0.4, -0.2) is 36.7 Å². The predicted octanol–water partition coefficient (Wildman–Crippen LogP) is 3.88. The molecule has 1 unspecified atom stereocenters. The number of H-pyrrole nitrogens is 1. The third-order valence-electron chi connectivity index (χ3n) is 5.13. The zero-order valence-electron chi connectivity index (χ0n) is 16.0. The standard InChI is InChI=1S/C21H19FN8/c22-16-5-3-15(4-6-16)18-2-1-11-30(18)21-25-13-24-20(27-21)26-19-12-17(28-29-19)14-7-9-23-10-8-14/h3-10,12-13,18H,1-2,11H2,(H2,24,25,26,27,28,29). The van der Waals surface area contributed by atoms with E-state index >= 15 is 0 Å². The molecule has 1 saturated heterocycles. The number of aromatic nitrogens is 6. The summed E-state index contributed by atoms with van der Waals surface area (Å²) in [6, 6.07) is 12.4. The Bertz CT molecular complexity index is 1130. The van der Waals surface area contributed by atoms with E-state index in [1.165, 1.54) is 18.5 Å². The highest BCUT2D eigenvalue weighted by molar-refractivity contribution is 5.63. The first-order valence-corrected chi connectivity index (χ1v) is 9.70. The van der Waals surface area contributed by atoms with E-state index in [2.05, 4.69) is 40.3 Å². The molecule has 8 nitrogen and oxygen atoms in total. The van der Waals surface area contributed by atoms with Gasteiger partial charge in [-0.15, -0.1) is 0 Å². The van der Waals surface area contributed by atoms with Gasteiger partial charge in [0.25, 0.3) is 0 Å². The zero-order valence-corrected chi connectivity index (χ0v) is 16.0. The van der Waals surface area contributed by atoms with Crippen LogP contribution in [0.15, 0.2) is 61.2 Å². The molecule has 4 aromatic rings. The fourth-order valence-corrected chi connectivity index (χ4v) is 3.70. The van der Waals surface area contributed by atoms with Gasteiger partial charge < -0.3 is 10.2 Å². The summed E-state index contributed by atoms with van der Waals surface area (Å²) in [6.45, 7) is 0.833. The van der Waals surface area contributed by atoms with Crippen LogP contribution in [-0.2, 0) is 0 Å². The van der Waals surface area contributed by atoms with Crippen LogP contribution in [0.3, 0.4) is 0 Å². The van der Waals surface area contributed by atoms with Gasteiger partial charge in [0.1, 0.15) is 12.1 Å². The zero-order chi connectivity index (χ0) is 20.3. The van der Waals surface area contributed by atoms with Gasteiger partial charge in [-0.2, -0.15) is 10.1 Å². The number of benzene rings is 1. The molecule has 1 fully saturated rings. The molecule has 1 aliphatic rings. The summed E-state index contributed by atoms with van der Waals surface area (Å²) in [6.07, 6.45) is 6.94. The Morgan fingerprint density at radius 1 is 1.07 bits per heavy atom. The number of halogens is 1. The van der Waals surface area contributed by atoms with Crippen LogP contribution in [0.25, 0.3) is 11.3 Å². The van der Waals surface area contributed by atoms with Gasteiger partial charge in [0.05, 0.1) is 11.7 Å². The van der Waals surface area contributed by atoms with Crippen LogP contribution in [0.2, 0.25) is 0 Å². The van der Waals surface area contributed by atoms with E-state index in [0.717, 1.165) is 36.2 Å². The summed E-state index contributed by atoms with van der Waals surface area (Å²) < 4.78 is 13.3. The van der Waals surface area contributed by atoms with Crippen molar-refractivity contribution in [1.82, 2.24) is 30.1 Å². The molecule has 3 aromatic heterocycles. The Morgan fingerprint density at radius 3 is 2.73 bits per heavy atom. The average Bonchev–Trinajstić information content (AvgIpc) is 3.45. The van der Waals surface area contributed by atoms with Gasteiger partial charge in [-0.3, -0.25) is 10.1 Å². The molecule has 1 atom stereocenters. The lowest BCUT2D eigenvalue weighted by molar-refractivity contribution is 0.624. The van der Waals surface area contributed by atoms with E-state index in [4.69, 9.17) is 0 Å². The molecule has 1 aliphatic heterocycles. The van der Waals surface area contributed by atoms with Gasteiger partial charge in [0.15, 0.2) is 5.82 Å². The van der Waals surface area contributed by atoms with Gasteiger partial charge in [-0.1, -0.05) is 12.1 Å². The molecular formula is C21H19FN8. The molecular weight excluding hydrogens is 383 g/mol. The minimum absolute atomic E-state index is 0.115. The first-order valence-electron chi connectivity index (χ1n) is 9.70. The van der Waals surface area contributed by atoms with Crippen molar-refractivity contribution >= 4 is 17.7 Å². The molecule has 0 radical (unpaired) electrons. The van der Waals surface area contributed by atoms with Crippen LogP contribution in [0, 0.1) is 5.82 Å². The van der Waals surface area contributed by atoms with Crippen molar-refractivity contribution in [3.63, 3.8) is 0 Å². The maximum atomic E-state index is 13.3. The lowest BCUT2D eigenvalue weighted by Crippen LogP contribution is -2.25. The van der Waals surface area contributed by atoms with Crippen molar-refractivity contribution in [1.29, 1.82) is 0 Å². The van der Waals surface area contributed by atoms with Crippen LogP contribution in [0.5, 0.6) is 0 Å². The van der Waals surface area contributed by atoms with Gasteiger partial charge in [-0.05, 0) is 42.7 Å². The molecule has 9 heteroatoms. The highest BCUT2D eigenvalue weighted by Crippen LogP contribution is 2.34. The number of pyridine rings is 1. The van der Waals surface area contributed by atoms with Crippen molar-refractivity contribution in [3.8, 4) is 11.3 Å². The van der Waals surface area contributed by atoms with E-state index in [-0.39, 0.29) is 11.9 Å². The van der Waals surface area contributed by atoms with Crippen LogP contribution < -0.4 is 10.2 Å². The van der Waals surface area contributed by atoms with Gasteiger partial charge in [-0.25, -0.2) is 14.4 Å². The highest BCUT2D eigenvalue weighted by atomic mass is 19.1. The second kappa shape index (κ2) is 7.86. The summed E-state index contributed by atoms with van der Waals surface area (Å²) in [7, 11) is 0. The number of nitrogens with zero attached hydrogens (tertiary/aromatic N) is 6. The first-order chi connectivity index (χ1) is 14.8. The monoisotopic (exact) mass is 402 g/mol. The van der Waals surface area contributed by atoms with E-state index in [9.17, 15) is 4.39 Å². The summed E-state index contributed by atoms with van der Waals surface area (Å²) in [5, 5.41) is 10.4. The number of aromatic amines is 1. The topological polar surface area (TPSA) is 95.5 Å². The van der Waals surface area contributed by atoms with Crippen molar-refractivity contribution in [2.45, 2.75) is 18.9 Å². The molecule has 0 aliphatic carbocycles. The van der Waals surface area contributed by atoms with Crippen LogP contribution in [0.4, 0.5) is 22.1 Å². The number of nitrogens with one attached hydrogen (secondary N) is 2. The maximum absolute atomic E-state index is 13.3. The summed E-state index contributed by atoms with van der Waals surface area (Å²) in [5.41, 5.74) is 2.91. The third kappa shape index (κ3) is 3.69. The van der Waals surface area contributed by atoms with E-state index in [0.29, 0.717) is 17.7 Å². The van der Waals surface area contributed by atoms with E-state index in [1.807, 2.05) is 30.3 Å². The van der Waals surface area contributed by atoms with Crippen molar-refractivity contribution in [2.24, 2.45) is 0 Å². The number of rotatable bonds is 5. The molecule has 30 heavy (non-hydrogen) atoms. The van der Waals surface area contributed by atoms with E-state index in [1.54, 1.807) is 12.4 Å². The molecule has 150 valence electrons. The molecule has 0 spiro atoms. The quantitative estimate of drug-likeness (QED) is 0.523. The number of anilines is 3. The Hall–Kier alpha value is -3.88. The smallest absolute Gasteiger partial charge is 0.233 e. The first kappa shape index (κ1) is 18.2. The molecule has 5 rings (SSSR count). The Kier molecular flexibility index (Phi) is 4.76. The minimum atomic E-state index is -0.236. The number of hydrogen-bond donors (Lipinski definition) is 2. The van der Waals surface area contributed by atoms with Crippen molar-refractivity contribution in [2.75, 3.05) is 16.8 Å². The van der Waals surface area contributed by atoms with Crippen LogP contribution in [0.1, 0.15) is 24.4 Å². The second-order valence-electron chi connectivity index (χ2n) is 7.04. The normalized spacial score (nSPS) is 16.0. The fourth-order valence-electron chi connectivity index (χ4n) is 3.70. The molecule has 0 bridgehead atoms. The van der Waals surface area contributed by atoms with Crippen LogP contribution >= 0.6 is 0 Å². The predicted molar refractivity (Wildman–Crippen MR) is 111 cm³/mol. The van der Waals surface area contributed by atoms with E-state index < -0.39 is 0 Å². The molecule has 0 saturated carbocycles. The summed E-state index contributed by atoms with van der Waals surface area (Å²) in [5.74, 6) is 1.37. The lowest BCUT2D eigenvalue weighted by atomic mass is 10.0. The fraction of sp³-hybridized carbons (Fsp3) is 0.190.